The molecule has 2 heterocycles. The molecule has 2 aromatic rings. The molecule has 8 heteroatoms. The van der Waals surface area contributed by atoms with E-state index in [-0.39, 0.29) is 4.21 Å². The highest BCUT2D eigenvalue weighted by atomic mass is 79.9. The number of anilines is 1. The third kappa shape index (κ3) is 3.02. The molecule has 0 amide bonds. The number of aromatic nitrogens is 2. The number of sulfonamides is 1. The van der Waals surface area contributed by atoms with Crippen LogP contribution >= 0.6 is 27.3 Å². The van der Waals surface area contributed by atoms with Gasteiger partial charge in [-0.2, -0.15) is 0 Å². The smallest absolute Gasteiger partial charge is 0.273 e. The van der Waals surface area contributed by atoms with Crippen LogP contribution in [0.25, 0.3) is 0 Å². The topological polar surface area (TPSA) is 72.0 Å². The van der Waals surface area contributed by atoms with Crippen LogP contribution < -0.4 is 4.72 Å². The molecule has 0 radical (unpaired) electrons. The molecule has 90 valence electrons. The lowest BCUT2D eigenvalue weighted by Gasteiger charge is -2.04. The second kappa shape index (κ2) is 4.71. The molecule has 0 aromatic carbocycles. The molecule has 0 bridgehead atoms. The first-order chi connectivity index (χ1) is 7.97. The lowest BCUT2D eigenvalue weighted by Crippen LogP contribution is -2.11. The zero-order chi connectivity index (χ0) is 12.5. The van der Waals surface area contributed by atoms with Gasteiger partial charge in [-0.25, -0.2) is 18.4 Å². The van der Waals surface area contributed by atoms with E-state index >= 15 is 0 Å². The Balaban J connectivity index is 2.26. The van der Waals surface area contributed by atoms with Gasteiger partial charge >= 0.3 is 0 Å². The Morgan fingerprint density at radius 1 is 1.29 bits per heavy atom. The lowest BCUT2D eigenvalue weighted by atomic mass is 10.4. The first kappa shape index (κ1) is 12.5. The quantitative estimate of drug-likeness (QED) is 0.875. The Kier molecular flexibility index (Phi) is 3.45. The van der Waals surface area contributed by atoms with Crippen LogP contribution in [0.2, 0.25) is 0 Å². The molecule has 0 saturated heterocycles. The molecule has 2 rings (SSSR count). The first-order valence-electron chi connectivity index (χ1n) is 4.54. The maximum absolute atomic E-state index is 11.9. The molecule has 0 spiro atoms. The van der Waals surface area contributed by atoms with E-state index in [9.17, 15) is 8.42 Å². The number of hydrogen-bond donors (Lipinski definition) is 1. The van der Waals surface area contributed by atoms with Crippen molar-refractivity contribution in [3.63, 3.8) is 0 Å². The van der Waals surface area contributed by atoms with Gasteiger partial charge in [-0.15, -0.1) is 11.3 Å². The Morgan fingerprint density at radius 2 is 2.06 bits per heavy atom. The van der Waals surface area contributed by atoms with Crippen molar-refractivity contribution in [2.24, 2.45) is 0 Å². The summed E-state index contributed by atoms with van der Waals surface area (Å²) in [5.41, 5.74) is 0.416. The van der Waals surface area contributed by atoms with E-state index in [2.05, 4.69) is 30.6 Å². The molecule has 17 heavy (non-hydrogen) atoms. The fraction of sp³-hybridized carbons (Fsp3) is 0.111. The molecule has 0 aliphatic heterocycles. The molecule has 0 fully saturated rings. The van der Waals surface area contributed by atoms with Crippen LogP contribution in [0.4, 0.5) is 5.69 Å². The Bertz CT molecular complexity index is 622. The fourth-order valence-corrected chi connectivity index (χ4v) is 3.49. The third-order valence-electron chi connectivity index (χ3n) is 1.84. The average Bonchev–Trinajstić information content (AvgIpc) is 2.69. The minimum Gasteiger partial charge on any atom is -0.277 e. The van der Waals surface area contributed by atoms with Gasteiger partial charge in [-0.05, 0) is 35.0 Å². The number of thiazole rings is 1. The van der Waals surface area contributed by atoms with Gasteiger partial charge in [0, 0.05) is 0 Å². The van der Waals surface area contributed by atoms with E-state index < -0.39 is 10.0 Å². The van der Waals surface area contributed by atoms with Crippen molar-refractivity contribution in [1.82, 2.24) is 9.97 Å². The summed E-state index contributed by atoms with van der Waals surface area (Å²) in [4.78, 5) is 7.85. The Hall–Kier alpha value is -0.990. The maximum Gasteiger partial charge on any atom is 0.273 e. The predicted octanol–water partition coefficient (Wildman–Crippen LogP) is 2.41. The van der Waals surface area contributed by atoms with Crippen LogP contribution in [-0.2, 0) is 10.0 Å². The van der Waals surface area contributed by atoms with Gasteiger partial charge in [-0.1, -0.05) is 0 Å². The summed E-state index contributed by atoms with van der Waals surface area (Å²) in [6, 6.07) is 3.29. The summed E-state index contributed by atoms with van der Waals surface area (Å²) in [5.74, 6) is 0. The molecular weight excluding hydrogens is 326 g/mol. The summed E-state index contributed by atoms with van der Waals surface area (Å²) in [6.45, 7) is 1.75. The monoisotopic (exact) mass is 333 g/mol. The summed E-state index contributed by atoms with van der Waals surface area (Å²) in [6.07, 6.45) is 2.78. The molecule has 0 aliphatic carbocycles. The van der Waals surface area contributed by atoms with Crippen molar-refractivity contribution in [1.29, 1.82) is 0 Å². The van der Waals surface area contributed by atoms with Gasteiger partial charge < -0.3 is 0 Å². The zero-order valence-electron chi connectivity index (χ0n) is 8.71. The first-order valence-corrected chi connectivity index (χ1v) is 7.63. The van der Waals surface area contributed by atoms with Crippen molar-refractivity contribution >= 4 is 43.0 Å². The van der Waals surface area contributed by atoms with Crippen molar-refractivity contribution in [2.45, 2.75) is 11.1 Å². The summed E-state index contributed by atoms with van der Waals surface area (Å²) < 4.78 is 27.1. The maximum atomic E-state index is 11.9. The molecule has 0 unspecified atom stereocenters. The second-order valence-corrected chi connectivity index (χ2v) is 7.13. The van der Waals surface area contributed by atoms with Crippen molar-refractivity contribution in [2.75, 3.05) is 4.72 Å². The van der Waals surface area contributed by atoms with Crippen LogP contribution in [-0.4, -0.2) is 18.4 Å². The van der Waals surface area contributed by atoms with Gasteiger partial charge in [0.05, 0.1) is 23.1 Å². The van der Waals surface area contributed by atoms with Crippen molar-refractivity contribution < 1.29 is 8.42 Å². The van der Waals surface area contributed by atoms with Gasteiger partial charge in [0.15, 0.2) is 4.21 Å². The van der Waals surface area contributed by atoms with E-state index in [0.29, 0.717) is 15.3 Å². The Labute approximate surface area is 111 Å². The molecule has 0 aliphatic rings. The molecule has 0 atom stereocenters. The van der Waals surface area contributed by atoms with E-state index in [1.807, 2.05) is 0 Å². The molecule has 5 nitrogen and oxygen atoms in total. The summed E-state index contributed by atoms with van der Waals surface area (Å²) >= 11 is 4.30. The van der Waals surface area contributed by atoms with Gasteiger partial charge in [0.1, 0.15) is 4.60 Å². The van der Waals surface area contributed by atoms with Crippen LogP contribution in [0, 0.1) is 6.92 Å². The number of nitrogens with one attached hydrogen (secondary N) is 1. The second-order valence-electron chi connectivity index (χ2n) is 3.17. The highest BCUT2D eigenvalue weighted by Gasteiger charge is 2.17. The third-order valence-corrected chi connectivity index (χ3v) is 5.07. The minimum atomic E-state index is -3.55. The molecular formula is C9H8BrN3O2S2. The largest absolute Gasteiger partial charge is 0.277 e. The normalized spacial score (nSPS) is 11.4. The average molecular weight is 334 g/mol. The van der Waals surface area contributed by atoms with Crippen molar-refractivity contribution in [3.8, 4) is 0 Å². The SMILES string of the molecule is Cc1ncc(S(=O)(=O)Nc2ccc(Br)nc2)s1. The van der Waals surface area contributed by atoms with Crippen LogP contribution in [0.1, 0.15) is 5.01 Å². The minimum absolute atomic E-state index is 0.193. The van der Waals surface area contributed by atoms with E-state index in [4.69, 9.17) is 0 Å². The highest BCUT2D eigenvalue weighted by Crippen LogP contribution is 2.21. The Morgan fingerprint density at radius 3 is 2.59 bits per heavy atom. The molecule has 0 saturated carbocycles. The van der Waals surface area contributed by atoms with Crippen LogP contribution in [0.15, 0.2) is 33.3 Å². The number of halogens is 1. The highest BCUT2D eigenvalue weighted by molar-refractivity contribution is 9.10. The number of rotatable bonds is 3. The van der Waals surface area contributed by atoms with Crippen LogP contribution in [0.3, 0.4) is 0 Å². The van der Waals surface area contributed by atoms with Crippen molar-refractivity contribution in [3.05, 3.63) is 34.1 Å². The molecule has 2 aromatic heterocycles. The fourth-order valence-electron chi connectivity index (χ4n) is 1.11. The number of nitrogens with zero attached hydrogens (tertiary/aromatic N) is 2. The van der Waals surface area contributed by atoms with Gasteiger partial charge in [-0.3, -0.25) is 4.72 Å². The van der Waals surface area contributed by atoms with E-state index in [0.717, 1.165) is 11.3 Å². The number of aryl methyl sites for hydroxylation is 1. The van der Waals surface area contributed by atoms with E-state index in [1.165, 1.54) is 12.4 Å². The number of pyridine rings is 1. The zero-order valence-corrected chi connectivity index (χ0v) is 11.9. The van der Waals surface area contributed by atoms with Crippen LogP contribution in [0.5, 0.6) is 0 Å². The molecule has 1 N–H and O–H groups in total. The lowest BCUT2D eigenvalue weighted by molar-refractivity contribution is 0.603. The standard InChI is InChI=1S/C9H8BrN3O2S2/c1-6-11-5-9(16-6)17(14,15)13-7-2-3-8(10)12-4-7/h2-5,13H,1H3. The van der Waals surface area contributed by atoms with Gasteiger partial charge in [0.2, 0.25) is 0 Å². The summed E-state index contributed by atoms with van der Waals surface area (Å²) in [5, 5.41) is 0.708. The summed E-state index contributed by atoms with van der Waals surface area (Å²) in [7, 11) is -3.55. The van der Waals surface area contributed by atoms with E-state index in [1.54, 1.807) is 19.1 Å². The number of hydrogen-bond acceptors (Lipinski definition) is 5. The predicted molar refractivity (Wildman–Crippen MR) is 69.6 cm³/mol. The van der Waals surface area contributed by atoms with Gasteiger partial charge in [0.25, 0.3) is 10.0 Å².